The van der Waals surface area contributed by atoms with E-state index in [0.717, 1.165) is 19.4 Å². The highest BCUT2D eigenvalue weighted by molar-refractivity contribution is 5.55. The summed E-state index contributed by atoms with van der Waals surface area (Å²) in [7, 11) is 0. The molecule has 0 atom stereocenters. The van der Waals surface area contributed by atoms with Crippen molar-refractivity contribution in [2.45, 2.75) is 33.2 Å². The minimum Gasteiger partial charge on any atom is -0.354 e. The maximum Gasteiger partial charge on any atom is 0.223 e. The van der Waals surface area contributed by atoms with Crippen LogP contribution in [0.15, 0.2) is 12.4 Å². The average molecular weight is 264 g/mol. The second kappa shape index (κ2) is 6.21. The summed E-state index contributed by atoms with van der Waals surface area (Å²) < 4.78 is 15.5. The Kier molecular flexibility index (Phi) is 4.38. The van der Waals surface area contributed by atoms with Crippen molar-refractivity contribution in [3.05, 3.63) is 18.2 Å². The standard InChI is InChI=1S/C12H17FN6/c1-3-5-14-12-15-7-9(13)11(17-12)10-8-16-18-19(10)6-4-2/h7-8H,3-6H2,1-2H3,(H,14,15,17). The predicted octanol–water partition coefficient (Wildman–Crippen LogP) is 2.11. The Morgan fingerprint density at radius 2 is 2.11 bits per heavy atom. The third kappa shape index (κ3) is 3.04. The van der Waals surface area contributed by atoms with Crippen molar-refractivity contribution in [1.29, 1.82) is 0 Å². The number of aromatic nitrogens is 5. The third-order valence-corrected chi connectivity index (χ3v) is 2.57. The molecule has 0 amide bonds. The smallest absolute Gasteiger partial charge is 0.223 e. The summed E-state index contributed by atoms with van der Waals surface area (Å²) in [5, 5.41) is 10.8. The van der Waals surface area contributed by atoms with Crippen LogP contribution < -0.4 is 5.32 Å². The van der Waals surface area contributed by atoms with E-state index in [1.807, 2.05) is 13.8 Å². The summed E-state index contributed by atoms with van der Waals surface area (Å²) in [5.41, 5.74) is 0.799. The Labute approximate surface area is 111 Å². The topological polar surface area (TPSA) is 68.5 Å². The maximum absolute atomic E-state index is 13.9. The molecule has 2 aromatic heterocycles. The second-order valence-electron chi connectivity index (χ2n) is 4.16. The SMILES string of the molecule is CCCNc1ncc(F)c(-c2cnnn2CCC)n1. The zero-order chi connectivity index (χ0) is 13.7. The first-order valence-corrected chi connectivity index (χ1v) is 6.41. The van der Waals surface area contributed by atoms with E-state index in [4.69, 9.17) is 0 Å². The number of nitrogens with zero attached hydrogens (tertiary/aromatic N) is 5. The van der Waals surface area contributed by atoms with Crippen LogP contribution in [-0.4, -0.2) is 31.5 Å². The van der Waals surface area contributed by atoms with Gasteiger partial charge in [0.1, 0.15) is 11.4 Å². The van der Waals surface area contributed by atoms with Crippen LogP contribution in [0, 0.1) is 5.82 Å². The summed E-state index contributed by atoms with van der Waals surface area (Å²) in [5.74, 6) is -0.0517. The van der Waals surface area contributed by atoms with E-state index >= 15 is 0 Å². The molecule has 19 heavy (non-hydrogen) atoms. The van der Waals surface area contributed by atoms with Gasteiger partial charge in [0.2, 0.25) is 5.95 Å². The van der Waals surface area contributed by atoms with Gasteiger partial charge in [-0.3, -0.25) is 0 Å². The highest BCUT2D eigenvalue weighted by atomic mass is 19.1. The fourth-order valence-electron chi connectivity index (χ4n) is 1.69. The van der Waals surface area contributed by atoms with E-state index < -0.39 is 5.82 Å². The number of hydrogen-bond donors (Lipinski definition) is 1. The van der Waals surface area contributed by atoms with Crippen molar-refractivity contribution in [1.82, 2.24) is 25.0 Å². The van der Waals surface area contributed by atoms with Crippen molar-refractivity contribution in [2.75, 3.05) is 11.9 Å². The molecule has 102 valence electrons. The van der Waals surface area contributed by atoms with Gasteiger partial charge in [0.15, 0.2) is 5.82 Å². The number of hydrogen-bond acceptors (Lipinski definition) is 5. The van der Waals surface area contributed by atoms with Gasteiger partial charge in [-0.15, -0.1) is 5.10 Å². The lowest BCUT2D eigenvalue weighted by atomic mass is 10.3. The number of rotatable bonds is 6. The molecule has 0 unspecified atom stereocenters. The number of anilines is 1. The molecule has 0 radical (unpaired) electrons. The lowest BCUT2D eigenvalue weighted by Crippen LogP contribution is -2.08. The molecule has 0 fully saturated rings. The summed E-state index contributed by atoms with van der Waals surface area (Å²) in [6.45, 7) is 5.49. The number of aryl methyl sites for hydroxylation is 1. The Balaban J connectivity index is 2.34. The lowest BCUT2D eigenvalue weighted by molar-refractivity contribution is 0.575. The first-order chi connectivity index (χ1) is 9.26. The molecule has 0 saturated carbocycles. The highest BCUT2D eigenvalue weighted by Gasteiger charge is 2.14. The van der Waals surface area contributed by atoms with E-state index in [-0.39, 0.29) is 5.69 Å². The van der Waals surface area contributed by atoms with Gasteiger partial charge in [-0.2, -0.15) is 0 Å². The Morgan fingerprint density at radius 3 is 2.84 bits per heavy atom. The zero-order valence-corrected chi connectivity index (χ0v) is 11.1. The van der Waals surface area contributed by atoms with Crippen molar-refractivity contribution in [3.8, 4) is 11.4 Å². The molecule has 0 saturated heterocycles. The van der Waals surface area contributed by atoms with Crippen LogP contribution in [-0.2, 0) is 6.54 Å². The van der Waals surface area contributed by atoms with Gasteiger partial charge in [-0.25, -0.2) is 19.0 Å². The molecule has 0 aromatic carbocycles. The Bertz CT molecular complexity index is 539. The van der Waals surface area contributed by atoms with Crippen LogP contribution in [0.5, 0.6) is 0 Å². The first kappa shape index (κ1) is 13.4. The van der Waals surface area contributed by atoms with Gasteiger partial charge >= 0.3 is 0 Å². The Morgan fingerprint density at radius 1 is 1.26 bits per heavy atom. The average Bonchev–Trinajstić information content (AvgIpc) is 2.86. The van der Waals surface area contributed by atoms with Gasteiger partial charge in [0.05, 0.1) is 12.4 Å². The monoisotopic (exact) mass is 264 g/mol. The van der Waals surface area contributed by atoms with Gasteiger partial charge < -0.3 is 5.32 Å². The molecule has 2 rings (SSSR count). The second-order valence-corrected chi connectivity index (χ2v) is 4.16. The molecule has 0 aliphatic heterocycles. The van der Waals surface area contributed by atoms with Crippen molar-refractivity contribution in [2.24, 2.45) is 0 Å². The summed E-state index contributed by atoms with van der Waals surface area (Å²) in [6.07, 6.45) is 4.53. The summed E-state index contributed by atoms with van der Waals surface area (Å²) in [4.78, 5) is 8.11. The lowest BCUT2D eigenvalue weighted by Gasteiger charge is -2.07. The molecule has 0 aliphatic rings. The van der Waals surface area contributed by atoms with Crippen LogP contribution in [0.2, 0.25) is 0 Å². The van der Waals surface area contributed by atoms with Crippen LogP contribution in [0.4, 0.5) is 10.3 Å². The fraction of sp³-hybridized carbons (Fsp3) is 0.500. The van der Waals surface area contributed by atoms with Gasteiger partial charge in [-0.1, -0.05) is 19.1 Å². The van der Waals surface area contributed by atoms with Gasteiger partial charge in [0.25, 0.3) is 0 Å². The maximum atomic E-state index is 13.9. The third-order valence-electron chi connectivity index (χ3n) is 2.57. The number of nitrogens with one attached hydrogen (secondary N) is 1. The molecular formula is C12H17FN6. The van der Waals surface area contributed by atoms with E-state index in [9.17, 15) is 4.39 Å². The molecule has 2 aromatic rings. The molecule has 7 heteroatoms. The van der Waals surface area contributed by atoms with E-state index in [1.54, 1.807) is 4.68 Å². The normalized spacial score (nSPS) is 10.7. The summed E-state index contributed by atoms with van der Waals surface area (Å²) >= 11 is 0. The first-order valence-electron chi connectivity index (χ1n) is 6.41. The fourth-order valence-corrected chi connectivity index (χ4v) is 1.69. The van der Waals surface area contributed by atoms with E-state index in [1.165, 1.54) is 12.4 Å². The minimum atomic E-state index is -0.471. The number of halogens is 1. The van der Waals surface area contributed by atoms with E-state index in [0.29, 0.717) is 18.2 Å². The summed E-state index contributed by atoms with van der Waals surface area (Å²) in [6, 6.07) is 0. The Hall–Kier alpha value is -2.05. The molecule has 0 aliphatic carbocycles. The molecule has 1 N–H and O–H groups in total. The molecule has 6 nitrogen and oxygen atoms in total. The highest BCUT2D eigenvalue weighted by Crippen LogP contribution is 2.20. The van der Waals surface area contributed by atoms with Crippen LogP contribution >= 0.6 is 0 Å². The predicted molar refractivity (Wildman–Crippen MR) is 70.1 cm³/mol. The van der Waals surface area contributed by atoms with Crippen molar-refractivity contribution in [3.63, 3.8) is 0 Å². The van der Waals surface area contributed by atoms with Crippen LogP contribution in [0.1, 0.15) is 26.7 Å². The van der Waals surface area contributed by atoms with Gasteiger partial charge in [0, 0.05) is 13.1 Å². The molecule has 0 bridgehead atoms. The molecule has 0 spiro atoms. The van der Waals surface area contributed by atoms with E-state index in [2.05, 4.69) is 25.6 Å². The van der Waals surface area contributed by atoms with Gasteiger partial charge in [-0.05, 0) is 12.8 Å². The molecular weight excluding hydrogens is 247 g/mol. The van der Waals surface area contributed by atoms with Crippen LogP contribution in [0.3, 0.4) is 0 Å². The minimum absolute atomic E-state index is 0.229. The zero-order valence-electron chi connectivity index (χ0n) is 11.1. The van der Waals surface area contributed by atoms with Crippen molar-refractivity contribution >= 4 is 5.95 Å². The van der Waals surface area contributed by atoms with Crippen molar-refractivity contribution < 1.29 is 4.39 Å². The molecule has 2 heterocycles. The van der Waals surface area contributed by atoms with Crippen LogP contribution in [0.25, 0.3) is 11.4 Å². The largest absolute Gasteiger partial charge is 0.354 e. The quantitative estimate of drug-likeness (QED) is 0.865.